The van der Waals surface area contributed by atoms with Crippen LogP contribution in [-0.2, 0) is 10.8 Å². The summed E-state index contributed by atoms with van der Waals surface area (Å²) in [5, 5.41) is 9.94. The largest absolute Gasteiger partial charge is 0.309 e. The van der Waals surface area contributed by atoms with Crippen molar-refractivity contribution in [3.05, 3.63) is 253 Å². The molecule has 386 valence electrons. The SMILES string of the molecule is Cc1ccccc1-c1cc(C(C)(C)C)ccc1N(c1ccccc1)c1ccc2c3cc4c(cc3n3c5ccccc5c1c23)c1ccc(N(c2ccccc2)c2ccc(C(C)(C)C)cc2-c2ccccc2C)c2c3ccccc3n4c12. The number of nitrogens with zero attached hydrogens (tertiary/aromatic N) is 4. The Bertz CT molecular complexity index is 4610. The summed E-state index contributed by atoms with van der Waals surface area (Å²) < 4.78 is 5.13. The third-order valence-corrected chi connectivity index (χ3v) is 17.4. The first-order valence-electron chi connectivity index (χ1n) is 28.3. The van der Waals surface area contributed by atoms with E-state index in [4.69, 9.17) is 0 Å². The van der Waals surface area contributed by atoms with E-state index < -0.39 is 0 Å². The van der Waals surface area contributed by atoms with Crippen molar-refractivity contribution in [2.24, 2.45) is 0 Å². The van der Waals surface area contributed by atoms with Crippen LogP contribution in [0, 0.1) is 13.8 Å². The molecule has 4 heterocycles. The molecule has 0 spiro atoms. The topological polar surface area (TPSA) is 15.3 Å². The van der Waals surface area contributed by atoms with Gasteiger partial charge in [0.25, 0.3) is 0 Å². The maximum atomic E-state index is 2.57. The van der Waals surface area contributed by atoms with Crippen LogP contribution in [0.3, 0.4) is 0 Å². The minimum atomic E-state index is -0.0322. The zero-order chi connectivity index (χ0) is 54.3. The first-order chi connectivity index (χ1) is 38.8. The van der Waals surface area contributed by atoms with Crippen molar-refractivity contribution in [2.75, 3.05) is 9.80 Å². The molecular formula is C76H62N4. The quantitative estimate of drug-likeness (QED) is 0.151. The molecule has 0 aliphatic carbocycles. The number of rotatable bonds is 8. The molecular weight excluding hydrogens is 969 g/mol. The minimum Gasteiger partial charge on any atom is -0.309 e. The van der Waals surface area contributed by atoms with E-state index in [0.717, 1.165) is 34.1 Å². The standard InChI is InChI=1S/C76H62N4/c1-47-23-15-17-29-53(47)59-43-49(75(3,4)5)35-39-65(59)77(51-25-11-9-12-26-51)67-41-37-55-61-45-70-62(46-69(61)79-63-33-21-19-31-57(63)71(67)73(55)79)56-38-42-68(72-58-32-20-22-34-64(58)80(70)74(56)72)78(52-27-13-10-14-28-52)66-40-36-50(76(6,7)8)44-60(66)54-30-18-16-24-48(54)2/h9-46H,1-8H3. The number of para-hydroxylation sites is 4. The third-order valence-electron chi connectivity index (χ3n) is 17.4. The molecule has 0 bridgehead atoms. The molecule has 0 amide bonds. The predicted octanol–water partition coefficient (Wildman–Crippen LogP) is 21.5. The lowest BCUT2D eigenvalue weighted by Gasteiger charge is -2.30. The first kappa shape index (κ1) is 47.8. The van der Waals surface area contributed by atoms with Crippen LogP contribution in [0.5, 0.6) is 0 Å². The molecule has 4 aromatic heterocycles. The lowest BCUT2D eigenvalue weighted by Crippen LogP contribution is -2.15. The summed E-state index contributed by atoms with van der Waals surface area (Å²) >= 11 is 0. The summed E-state index contributed by atoms with van der Waals surface area (Å²) in [5.74, 6) is 0. The normalized spacial score (nSPS) is 12.5. The first-order valence-corrected chi connectivity index (χ1v) is 28.3. The van der Waals surface area contributed by atoms with Crippen LogP contribution in [0.25, 0.3) is 98.4 Å². The zero-order valence-corrected chi connectivity index (χ0v) is 46.7. The number of benzene rings is 11. The van der Waals surface area contributed by atoms with Crippen molar-refractivity contribution in [3.8, 4) is 22.3 Å². The number of anilines is 6. The summed E-state index contributed by atoms with van der Waals surface area (Å²) in [5.41, 5.74) is 24.1. The maximum Gasteiger partial charge on any atom is 0.0641 e. The van der Waals surface area contributed by atoms with Crippen molar-refractivity contribution >= 4 is 110 Å². The van der Waals surface area contributed by atoms with Crippen LogP contribution >= 0.6 is 0 Å². The van der Waals surface area contributed by atoms with Gasteiger partial charge in [-0.3, -0.25) is 0 Å². The predicted molar refractivity (Wildman–Crippen MR) is 343 cm³/mol. The number of fused-ring (bicyclic) bond motifs is 12. The number of hydrogen-bond donors (Lipinski definition) is 0. The number of hydrogen-bond acceptors (Lipinski definition) is 2. The smallest absolute Gasteiger partial charge is 0.0641 e. The minimum absolute atomic E-state index is 0.0322. The Morgan fingerprint density at radius 1 is 0.287 bits per heavy atom. The van der Waals surface area contributed by atoms with Gasteiger partial charge in [-0.1, -0.05) is 187 Å². The molecule has 0 atom stereocenters. The molecule has 0 N–H and O–H groups in total. The summed E-state index contributed by atoms with van der Waals surface area (Å²) in [7, 11) is 0. The van der Waals surface area contributed by atoms with E-state index in [1.165, 1.54) is 121 Å². The van der Waals surface area contributed by atoms with E-state index in [-0.39, 0.29) is 10.8 Å². The Hall–Kier alpha value is -9.38. The molecule has 0 radical (unpaired) electrons. The number of aromatic nitrogens is 2. The fraction of sp³-hybridized carbons (Fsp3) is 0.132. The van der Waals surface area contributed by atoms with E-state index in [1.54, 1.807) is 0 Å². The second-order valence-electron chi connectivity index (χ2n) is 24.2. The fourth-order valence-electron chi connectivity index (χ4n) is 13.4. The molecule has 0 aliphatic rings. The Kier molecular flexibility index (Phi) is 10.5. The van der Waals surface area contributed by atoms with Crippen LogP contribution in [0.15, 0.2) is 231 Å². The van der Waals surface area contributed by atoms with Crippen LogP contribution in [0.1, 0.15) is 63.8 Å². The Labute approximate surface area is 467 Å². The lowest BCUT2D eigenvalue weighted by molar-refractivity contribution is 0.590. The van der Waals surface area contributed by atoms with Gasteiger partial charge in [-0.15, -0.1) is 0 Å². The molecule has 0 fully saturated rings. The highest BCUT2D eigenvalue weighted by Gasteiger charge is 2.30. The van der Waals surface area contributed by atoms with Gasteiger partial charge >= 0.3 is 0 Å². The van der Waals surface area contributed by atoms with Crippen LogP contribution in [0.2, 0.25) is 0 Å². The van der Waals surface area contributed by atoms with E-state index in [2.05, 4.69) is 305 Å². The van der Waals surface area contributed by atoms with Gasteiger partial charge in [0.1, 0.15) is 0 Å². The molecule has 80 heavy (non-hydrogen) atoms. The van der Waals surface area contributed by atoms with Crippen LogP contribution < -0.4 is 9.80 Å². The molecule has 0 unspecified atom stereocenters. The summed E-state index contributed by atoms with van der Waals surface area (Å²) in [6.45, 7) is 18.3. The van der Waals surface area contributed by atoms with Gasteiger partial charge in [-0.05, 0) is 143 Å². The van der Waals surface area contributed by atoms with Crippen LogP contribution in [0.4, 0.5) is 34.1 Å². The van der Waals surface area contributed by atoms with Gasteiger partial charge in [-0.2, -0.15) is 0 Å². The van der Waals surface area contributed by atoms with Gasteiger partial charge in [-0.25, -0.2) is 0 Å². The second kappa shape index (κ2) is 17.6. The van der Waals surface area contributed by atoms with Gasteiger partial charge in [0, 0.05) is 65.6 Å². The summed E-state index contributed by atoms with van der Waals surface area (Å²) in [4.78, 5) is 5.04. The monoisotopic (exact) mass is 1030 g/mol. The lowest BCUT2D eigenvalue weighted by atomic mass is 9.84. The highest BCUT2D eigenvalue weighted by Crippen LogP contribution is 2.53. The van der Waals surface area contributed by atoms with Crippen LogP contribution in [-0.4, -0.2) is 8.80 Å². The molecule has 4 heteroatoms. The van der Waals surface area contributed by atoms with Crippen molar-refractivity contribution in [2.45, 2.75) is 66.2 Å². The average molecular weight is 1030 g/mol. The molecule has 11 aromatic carbocycles. The number of aryl methyl sites for hydroxylation is 2. The highest BCUT2D eigenvalue weighted by molar-refractivity contribution is 6.32. The van der Waals surface area contributed by atoms with Crippen molar-refractivity contribution in [3.63, 3.8) is 0 Å². The van der Waals surface area contributed by atoms with Crippen molar-refractivity contribution < 1.29 is 0 Å². The molecule has 0 aliphatic heterocycles. The van der Waals surface area contributed by atoms with Gasteiger partial charge in [0.05, 0.1) is 55.8 Å². The van der Waals surface area contributed by atoms with Gasteiger partial charge in [0.15, 0.2) is 0 Å². The summed E-state index contributed by atoms with van der Waals surface area (Å²) in [6, 6.07) is 86.6. The molecule has 0 saturated carbocycles. The highest BCUT2D eigenvalue weighted by atomic mass is 15.2. The fourth-order valence-corrected chi connectivity index (χ4v) is 13.4. The van der Waals surface area contributed by atoms with Gasteiger partial charge in [0.2, 0.25) is 0 Å². The molecule has 0 saturated heterocycles. The average Bonchev–Trinajstić information content (AvgIpc) is 4.34. The molecule has 15 rings (SSSR count). The van der Waals surface area contributed by atoms with E-state index >= 15 is 0 Å². The second-order valence-corrected chi connectivity index (χ2v) is 24.2. The Balaban J connectivity index is 1.00. The van der Waals surface area contributed by atoms with Crippen molar-refractivity contribution in [1.82, 2.24) is 8.80 Å². The maximum absolute atomic E-state index is 2.57. The van der Waals surface area contributed by atoms with Crippen molar-refractivity contribution in [1.29, 1.82) is 0 Å². The Morgan fingerprint density at radius 3 is 1.05 bits per heavy atom. The summed E-state index contributed by atoms with van der Waals surface area (Å²) in [6.07, 6.45) is 0. The van der Waals surface area contributed by atoms with E-state index in [1.807, 2.05) is 0 Å². The Morgan fingerprint density at radius 2 is 0.650 bits per heavy atom. The molecule has 4 nitrogen and oxygen atoms in total. The zero-order valence-electron chi connectivity index (χ0n) is 46.7. The van der Waals surface area contributed by atoms with E-state index in [0.29, 0.717) is 0 Å². The van der Waals surface area contributed by atoms with Gasteiger partial charge < -0.3 is 18.6 Å². The third kappa shape index (κ3) is 7.07. The molecule has 15 aromatic rings. The van der Waals surface area contributed by atoms with E-state index in [9.17, 15) is 0 Å².